The van der Waals surface area contributed by atoms with Crippen molar-refractivity contribution in [1.82, 2.24) is 14.5 Å². The van der Waals surface area contributed by atoms with Crippen LogP contribution < -0.4 is 5.32 Å². The van der Waals surface area contributed by atoms with Crippen LogP contribution in [0.25, 0.3) is 0 Å². The summed E-state index contributed by atoms with van der Waals surface area (Å²) in [5, 5.41) is 3.34. The fourth-order valence-electron chi connectivity index (χ4n) is 2.99. The Kier molecular flexibility index (Phi) is 6.01. The minimum atomic E-state index is -3.49. The summed E-state index contributed by atoms with van der Waals surface area (Å²) in [6, 6.07) is 6.61. The molecule has 0 radical (unpaired) electrons. The molecular weight excluding hydrogens is 326 g/mol. The second kappa shape index (κ2) is 7.63. The molecule has 1 aliphatic heterocycles. The van der Waals surface area contributed by atoms with Crippen LogP contribution in [0.4, 0.5) is 0 Å². The molecule has 2 atom stereocenters. The van der Waals surface area contributed by atoms with Gasteiger partial charge in [-0.1, -0.05) is 13.8 Å². The van der Waals surface area contributed by atoms with Crippen LogP contribution in [0.15, 0.2) is 29.2 Å². The highest BCUT2D eigenvalue weighted by Crippen LogP contribution is 2.19. The van der Waals surface area contributed by atoms with Crippen molar-refractivity contribution in [2.75, 3.05) is 26.2 Å². The van der Waals surface area contributed by atoms with Crippen LogP contribution >= 0.6 is 0 Å². The maximum atomic E-state index is 12.7. The number of rotatable bonds is 5. The normalized spacial score (nSPS) is 22.0. The van der Waals surface area contributed by atoms with E-state index in [9.17, 15) is 13.2 Å². The number of carbonyl (C=O) groups is 1. The summed E-state index contributed by atoms with van der Waals surface area (Å²) in [4.78, 5) is 14.8. The molecule has 2 unspecified atom stereocenters. The van der Waals surface area contributed by atoms with Crippen LogP contribution in [0, 0.1) is 0 Å². The van der Waals surface area contributed by atoms with E-state index in [2.05, 4.69) is 12.2 Å². The first kappa shape index (κ1) is 18.9. The molecule has 1 aromatic carbocycles. The molecule has 0 aliphatic carbocycles. The van der Waals surface area contributed by atoms with Crippen molar-refractivity contribution in [2.45, 2.75) is 44.7 Å². The van der Waals surface area contributed by atoms with Gasteiger partial charge in [-0.15, -0.1) is 0 Å². The number of nitrogens with zero attached hydrogens (tertiary/aromatic N) is 2. The number of benzene rings is 1. The molecule has 0 bridgehead atoms. The zero-order chi connectivity index (χ0) is 17.9. The summed E-state index contributed by atoms with van der Waals surface area (Å²) in [6.45, 7) is 9.98. The Labute approximate surface area is 144 Å². The van der Waals surface area contributed by atoms with Crippen molar-refractivity contribution in [3.8, 4) is 0 Å². The predicted molar refractivity (Wildman–Crippen MR) is 94.5 cm³/mol. The number of piperazine rings is 1. The van der Waals surface area contributed by atoms with Crippen LogP contribution in [0.5, 0.6) is 0 Å². The first-order valence-corrected chi connectivity index (χ1v) is 9.91. The van der Waals surface area contributed by atoms with Crippen molar-refractivity contribution in [3.63, 3.8) is 0 Å². The lowest BCUT2D eigenvalue weighted by Crippen LogP contribution is -2.57. The third-order valence-corrected chi connectivity index (χ3v) is 6.80. The third-order valence-electron chi connectivity index (χ3n) is 4.74. The van der Waals surface area contributed by atoms with Gasteiger partial charge in [0.25, 0.3) is 5.91 Å². The molecule has 0 saturated carbocycles. The van der Waals surface area contributed by atoms with Crippen LogP contribution in [0.2, 0.25) is 0 Å². The molecule has 1 aliphatic rings. The summed E-state index contributed by atoms with van der Waals surface area (Å²) in [5.74, 6) is -0.0531. The van der Waals surface area contributed by atoms with Crippen molar-refractivity contribution < 1.29 is 13.2 Å². The Morgan fingerprint density at radius 2 is 1.79 bits per heavy atom. The van der Waals surface area contributed by atoms with Gasteiger partial charge in [-0.3, -0.25) is 4.79 Å². The van der Waals surface area contributed by atoms with E-state index in [1.54, 1.807) is 12.1 Å². The molecule has 1 heterocycles. The molecule has 1 fully saturated rings. The molecule has 0 spiro atoms. The van der Waals surface area contributed by atoms with Crippen LogP contribution in [-0.2, 0) is 10.0 Å². The number of hydrogen-bond donors (Lipinski definition) is 1. The second-order valence-electron chi connectivity index (χ2n) is 6.10. The monoisotopic (exact) mass is 353 g/mol. The van der Waals surface area contributed by atoms with E-state index in [0.717, 1.165) is 6.54 Å². The molecule has 1 saturated heterocycles. The quantitative estimate of drug-likeness (QED) is 0.872. The standard InChI is InChI=1S/C17H27N3O3S/c1-5-19(6-2)24(22,23)16-9-7-15(8-10-16)17(21)20-12-11-18-13(3)14(20)4/h7-10,13-14,18H,5-6,11-12H2,1-4H3. The topological polar surface area (TPSA) is 69.7 Å². The number of hydrogen-bond acceptors (Lipinski definition) is 4. The Bertz CT molecular complexity index is 669. The van der Waals surface area contributed by atoms with E-state index in [-0.39, 0.29) is 22.9 Å². The highest BCUT2D eigenvalue weighted by atomic mass is 32.2. The largest absolute Gasteiger partial charge is 0.333 e. The van der Waals surface area contributed by atoms with Gasteiger partial charge in [0.05, 0.1) is 4.90 Å². The summed E-state index contributed by atoms with van der Waals surface area (Å²) < 4.78 is 26.4. The Morgan fingerprint density at radius 3 is 2.33 bits per heavy atom. The van der Waals surface area contributed by atoms with Crippen LogP contribution in [-0.4, -0.2) is 61.8 Å². The summed E-state index contributed by atoms with van der Waals surface area (Å²) in [6.07, 6.45) is 0. The van der Waals surface area contributed by atoms with Gasteiger partial charge in [0.1, 0.15) is 0 Å². The summed E-state index contributed by atoms with van der Waals surface area (Å²) in [7, 11) is -3.49. The summed E-state index contributed by atoms with van der Waals surface area (Å²) >= 11 is 0. The lowest BCUT2D eigenvalue weighted by atomic mass is 10.1. The van der Waals surface area contributed by atoms with E-state index >= 15 is 0 Å². The van der Waals surface area contributed by atoms with Crippen molar-refractivity contribution >= 4 is 15.9 Å². The van der Waals surface area contributed by atoms with Gasteiger partial charge in [-0.25, -0.2) is 8.42 Å². The van der Waals surface area contributed by atoms with Gasteiger partial charge in [-0.05, 0) is 38.1 Å². The minimum absolute atomic E-state index is 0.0531. The number of carbonyl (C=O) groups excluding carboxylic acids is 1. The highest BCUT2D eigenvalue weighted by Gasteiger charge is 2.29. The maximum absolute atomic E-state index is 12.7. The molecule has 6 nitrogen and oxygen atoms in total. The summed E-state index contributed by atoms with van der Waals surface area (Å²) in [5.41, 5.74) is 0.523. The second-order valence-corrected chi connectivity index (χ2v) is 8.03. The fourth-order valence-corrected chi connectivity index (χ4v) is 4.45. The Morgan fingerprint density at radius 1 is 1.21 bits per heavy atom. The zero-order valence-electron chi connectivity index (χ0n) is 14.8. The van der Waals surface area contributed by atoms with Crippen molar-refractivity contribution in [1.29, 1.82) is 0 Å². The van der Waals surface area contributed by atoms with Crippen molar-refractivity contribution in [3.05, 3.63) is 29.8 Å². The molecule has 2 rings (SSSR count). The molecule has 1 aromatic rings. The van der Waals surface area contributed by atoms with E-state index in [4.69, 9.17) is 0 Å². The minimum Gasteiger partial charge on any atom is -0.333 e. The fraction of sp³-hybridized carbons (Fsp3) is 0.588. The number of nitrogens with one attached hydrogen (secondary N) is 1. The smallest absolute Gasteiger partial charge is 0.254 e. The van der Waals surface area contributed by atoms with E-state index in [0.29, 0.717) is 25.2 Å². The van der Waals surface area contributed by atoms with Crippen LogP contribution in [0.1, 0.15) is 38.1 Å². The third kappa shape index (κ3) is 3.63. The average Bonchev–Trinajstić information content (AvgIpc) is 2.58. The lowest BCUT2D eigenvalue weighted by molar-refractivity contribution is 0.0603. The first-order valence-electron chi connectivity index (χ1n) is 8.47. The molecule has 1 amide bonds. The molecule has 1 N–H and O–H groups in total. The predicted octanol–water partition coefficient (Wildman–Crippen LogP) is 1.54. The van der Waals surface area contributed by atoms with Gasteiger partial charge < -0.3 is 10.2 Å². The lowest BCUT2D eigenvalue weighted by Gasteiger charge is -2.38. The van der Waals surface area contributed by atoms with Gasteiger partial charge in [0.15, 0.2) is 0 Å². The van der Waals surface area contributed by atoms with E-state index < -0.39 is 10.0 Å². The van der Waals surface area contributed by atoms with Gasteiger partial charge >= 0.3 is 0 Å². The van der Waals surface area contributed by atoms with Gasteiger partial charge in [0, 0.05) is 43.8 Å². The van der Waals surface area contributed by atoms with Gasteiger partial charge in [-0.2, -0.15) is 4.31 Å². The van der Waals surface area contributed by atoms with E-state index in [1.165, 1.54) is 16.4 Å². The molecule has 134 valence electrons. The molecule has 24 heavy (non-hydrogen) atoms. The van der Waals surface area contributed by atoms with Crippen molar-refractivity contribution in [2.24, 2.45) is 0 Å². The van der Waals surface area contributed by atoms with E-state index in [1.807, 2.05) is 25.7 Å². The van der Waals surface area contributed by atoms with Gasteiger partial charge in [0.2, 0.25) is 10.0 Å². The Balaban J connectivity index is 2.21. The zero-order valence-corrected chi connectivity index (χ0v) is 15.6. The SMILES string of the molecule is CCN(CC)S(=O)(=O)c1ccc(C(=O)N2CCNC(C)C2C)cc1. The molecule has 0 aromatic heterocycles. The average molecular weight is 353 g/mol. The van der Waals surface area contributed by atoms with Crippen LogP contribution in [0.3, 0.4) is 0 Å². The first-order chi connectivity index (χ1) is 11.3. The Hall–Kier alpha value is -1.44. The maximum Gasteiger partial charge on any atom is 0.254 e. The molecular formula is C17H27N3O3S. The highest BCUT2D eigenvalue weighted by molar-refractivity contribution is 7.89. The molecule has 7 heteroatoms. The number of amides is 1. The number of sulfonamides is 1.